The number of nitrogens with zero attached hydrogens (tertiary/aromatic N) is 2. The van der Waals surface area contributed by atoms with Crippen molar-refractivity contribution in [3.05, 3.63) is 64.7 Å². The van der Waals surface area contributed by atoms with Gasteiger partial charge < -0.3 is 10.2 Å². The maximum absolute atomic E-state index is 12.7. The van der Waals surface area contributed by atoms with Crippen LogP contribution in [0.5, 0.6) is 0 Å². The van der Waals surface area contributed by atoms with E-state index in [2.05, 4.69) is 10.2 Å². The highest BCUT2D eigenvalue weighted by Gasteiger charge is 2.27. The van der Waals surface area contributed by atoms with Crippen molar-refractivity contribution in [1.82, 2.24) is 14.5 Å². The second-order valence-electron chi connectivity index (χ2n) is 6.54. The lowest BCUT2D eigenvalue weighted by molar-refractivity contribution is 0.0951. The molecule has 0 bridgehead atoms. The van der Waals surface area contributed by atoms with Gasteiger partial charge in [0.2, 0.25) is 10.0 Å². The Morgan fingerprint density at radius 3 is 2.37 bits per heavy atom. The van der Waals surface area contributed by atoms with Crippen molar-refractivity contribution >= 4 is 27.5 Å². The van der Waals surface area contributed by atoms with Gasteiger partial charge in [0.25, 0.3) is 5.91 Å². The highest BCUT2D eigenvalue weighted by Crippen LogP contribution is 2.18. The normalized spacial score (nSPS) is 16.2. The van der Waals surface area contributed by atoms with E-state index in [9.17, 15) is 13.2 Å². The Balaban J connectivity index is 1.62. The number of rotatable bonds is 5. The van der Waals surface area contributed by atoms with E-state index in [-0.39, 0.29) is 10.8 Å². The fourth-order valence-corrected chi connectivity index (χ4v) is 4.48. The molecule has 1 aliphatic rings. The third-order valence-electron chi connectivity index (χ3n) is 4.56. The number of nitrogens with one attached hydrogen (secondary N) is 1. The predicted molar refractivity (Wildman–Crippen MR) is 105 cm³/mol. The van der Waals surface area contributed by atoms with Crippen LogP contribution in [0, 0.1) is 0 Å². The SMILES string of the molecule is CN1CCN(S(=O)(=O)c2ccc(CNC(=O)c3cccc(Cl)c3)cc2)CC1. The largest absolute Gasteiger partial charge is 0.348 e. The van der Waals surface area contributed by atoms with E-state index in [1.807, 2.05) is 7.05 Å². The van der Waals surface area contributed by atoms with Gasteiger partial charge in [-0.15, -0.1) is 0 Å². The average molecular weight is 408 g/mol. The zero-order chi connectivity index (χ0) is 19.4. The molecule has 0 spiro atoms. The van der Waals surface area contributed by atoms with Crippen LogP contribution in [-0.2, 0) is 16.6 Å². The first-order valence-electron chi connectivity index (χ1n) is 8.68. The van der Waals surface area contributed by atoms with Gasteiger partial charge in [-0.3, -0.25) is 4.79 Å². The van der Waals surface area contributed by atoms with E-state index in [1.165, 1.54) is 4.31 Å². The van der Waals surface area contributed by atoms with E-state index in [4.69, 9.17) is 11.6 Å². The smallest absolute Gasteiger partial charge is 0.251 e. The summed E-state index contributed by atoms with van der Waals surface area (Å²) in [6.07, 6.45) is 0. The van der Waals surface area contributed by atoms with Crippen LogP contribution in [0.3, 0.4) is 0 Å². The first-order valence-corrected chi connectivity index (χ1v) is 10.5. The highest BCUT2D eigenvalue weighted by atomic mass is 35.5. The van der Waals surface area contributed by atoms with Crippen molar-refractivity contribution in [2.45, 2.75) is 11.4 Å². The number of carbonyl (C=O) groups excluding carboxylic acids is 1. The Kier molecular flexibility index (Phi) is 6.16. The van der Waals surface area contributed by atoms with Crippen molar-refractivity contribution in [2.24, 2.45) is 0 Å². The molecule has 0 atom stereocenters. The molecule has 144 valence electrons. The van der Waals surface area contributed by atoms with Crippen LogP contribution in [-0.4, -0.2) is 56.8 Å². The summed E-state index contributed by atoms with van der Waals surface area (Å²) in [5.74, 6) is -0.230. The maximum atomic E-state index is 12.7. The Labute approximate surface area is 164 Å². The number of benzene rings is 2. The van der Waals surface area contributed by atoms with Crippen molar-refractivity contribution in [3.8, 4) is 0 Å². The summed E-state index contributed by atoms with van der Waals surface area (Å²) >= 11 is 5.89. The van der Waals surface area contributed by atoms with Gasteiger partial charge in [-0.2, -0.15) is 4.31 Å². The second-order valence-corrected chi connectivity index (χ2v) is 8.92. The molecular weight excluding hydrogens is 386 g/mol. The lowest BCUT2D eigenvalue weighted by Crippen LogP contribution is -2.47. The minimum Gasteiger partial charge on any atom is -0.348 e. The van der Waals surface area contributed by atoms with Gasteiger partial charge >= 0.3 is 0 Å². The average Bonchev–Trinajstić information content (AvgIpc) is 2.67. The number of hydrogen-bond donors (Lipinski definition) is 1. The van der Waals surface area contributed by atoms with E-state index in [1.54, 1.807) is 48.5 Å². The van der Waals surface area contributed by atoms with Crippen LogP contribution in [0.25, 0.3) is 0 Å². The third-order valence-corrected chi connectivity index (χ3v) is 6.71. The molecule has 0 saturated carbocycles. The standard InChI is InChI=1S/C19H22ClN3O3S/c1-22-9-11-23(12-10-22)27(25,26)18-7-5-15(6-8-18)14-21-19(24)16-3-2-4-17(20)13-16/h2-8,13H,9-12,14H2,1H3,(H,21,24). The number of amides is 1. The Bertz CT molecular complexity index is 908. The molecule has 1 amide bonds. The van der Waals surface area contributed by atoms with E-state index in [0.717, 1.165) is 18.7 Å². The van der Waals surface area contributed by atoms with Crippen LogP contribution < -0.4 is 5.32 Å². The Morgan fingerprint density at radius 2 is 1.74 bits per heavy atom. The van der Waals surface area contributed by atoms with E-state index < -0.39 is 10.0 Å². The van der Waals surface area contributed by atoms with Gasteiger partial charge in [0.05, 0.1) is 4.90 Å². The number of halogens is 1. The van der Waals surface area contributed by atoms with E-state index in [0.29, 0.717) is 30.2 Å². The predicted octanol–water partition coefficient (Wildman–Crippen LogP) is 2.21. The van der Waals surface area contributed by atoms with Crippen molar-refractivity contribution < 1.29 is 13.2 Å². The fraction of sp³-hybridized carbons (Fsp3) is 0.316. The molecule has 0 radical (unpaired) electrons. The molecule has 1 heterocycles. The third kappa shape index (κ3) is 4.87. The van der Waals surface area contributed by atoms with Crippen molar-refractivity contribution in [1.29, 1.82) is 0 Å². The van der Waals surface area contributed by atoms with E-state index >= 15 is 0 Å². The molecule has 27 heavy (non-hydrogen) atoms. The molecule has 1 saturated heterocycles. The number of sulfonamides is 1. The van der Waals surface area contributed by atoms with Gasteiger partial charge in [0, 0.05) is 43.3 Å². The number of piperazine rings is 1. The van der Waals surface area contributed by atoms with Crippen LogP contribution in [0.15, 0.2) is 53.4 Å². The lowest BCUT2D eigenvalue weighted by Gasteiger charge is -2.31. The summed E-state index contributed by atoms with van der Waals surface area (Å²) in [6.45, 7) is 2.76. The summed E-state index contributed by atoms with van der Waals surface area (Å²) in [7, 11) is -1.49. The zero-order valence-electron chi connectivity index (χ0n) is 15.1. The molecule has 2 aromatic rings. The Morgan fingerprint density at radius 1 is 1.07 bits per heavy atom. The number of hydrogen-bond acceptors (Lipinski definition) is 4. The quantitative estimate of drug-likeness (QED) is 0.825. The topological polar surface area (TPSA) is 69.7 Å². The Hall–Kier alpha value is -1.93. The monoisotopic (exact) mass is 407 g/mol. The molecule has 0 aliphatic carbocycles. The summed E-state index contributed by atoms with van der Waals surface area (Å²) in [4.78, 5) is 14.5. The minimum absolute atomic E-state index is 0.230. The molecule has 2 aromatic carbocycles. The molecule has 1 N–H and O–H groups in total. The minimum atomic E-state index is -3.48. The number of likely N-dealkylation sites (N-methyl/N-ethyl adjacent to an activating group) is 1. The van der Waals surface area contributed by atoms with Gasteiger partial charge in [0.1, 0.15) is 0 Å². The fourth-order valence-electron chi connectivity index (χ4n) is 2.87. The molecule has 3 rings (SSSR count). The zero-order valence-corrected chi connectivity index (χ0v) is 16.6. The molecule has 1 aliphatic heterocycles. The first kappa shape index (κ1) is 19.8. The van der Waals surface area contributed by atoms with Crippen LogP contribution in [0.4, 0.5) is 0 Å². The van der Waals surface area contributed by atoms with Crippen LogP contribution in [0.1, 0.15) is 15.9 Å². The van der Waals surface area contributed by atoms with Gasteiger partial charge in [-0.05, 0) is 42.9 Å². The molecule has 0 unspecified atom stereocenters. The summed E-state index contributed by atoms with van der Waals surface area (Å²) in [5, 5.41) is 3.31. The molecule has 8 heteroatoms. The van der Waals surface area contributed by atoms with Crippen molar-refractivity contribution in [3.63, 3.8) is 0 Å². The van der Waals surface area contributed by atoms with Gasteiger partial charge in [-0.1, -0.05) is 29.8 Å². The summed E-state index contributed by atoms with van der Waals surface area (Å²) in [5.41, 5.74) is 1.31. The highest BCUT2D eigenvalue weighted by molar-refractivity contribution is 7.89. The molecule has 0 aromatic heterocycles. The molecule has 1 fully saturated rings. The van der Waals surface area contributed by atoms with Gasteiger partial charge in [0.15, 0.2) is 0 Å². The molecular formula is C19H22ClN3O3S. The maximum Gasteiger partial charge on any atom is 0.251 e. The number of carbonyl (C=O) groups is 1. The summed E-state index contributed by atoms with van der Waals surface area (Å²) in [6, 6.07) is 13.3. The van der Waals surface area contributed by atoms with Crippen molar-refractivity contribution in [2.75, 3.05) is 33.2 Å². The van der Waals surface area contributed by atoms with Crippen LogP contribution in [0.2, 0.25) is 5.02 Å². The molecule has 6 nitrogen and oxygen atoms in total. The van der Waals surface area contributed by atoms with Gasteiger partial charge in [-0.25, -0.2) is 8.42 Å². The lowest BCUT2D eigenvalue weighted by atomic mass is 10.2. The second kappa shape index (κ2) is 8.39. The summed E-state index contributed by atoms with van der Waals surface area (Å²) < 4.78 is 26.9. The first-order chi connectivity index (χ1) is 12.9. The van der Waals surface area contributed by atoms with Crippen LogP contribution >= 0.6 is 11.6 Å².